The van der Waals surface area contributed by atoms with Crippen molar-refractivity contribution < 1.29 is 9.90 Å². The predicted octanol–water partition coefficient (Wildman–Crippen LogP) is 1.94. The third-order valence-electron chi connectivity index (χ3n) is 4.66. The van der Waals surface area contributed by atoms with Gasteiger partial charge in [-0.2, -0.15) is 0 Å². The van der Waals surface area contributed by atoms with Crippen LogP contribution < -0.4 is 0 Å². The zero-order valence-electron chi connectivity index (χ0n) is 13.0. The molecular weight excluding hydrogens is 292 g/mol. The highest BCUT2D eigenvalue weighted by Gasteiger charge is 2.27. The number of carboxylic acid groups (broad SMARTS) is 1. The molecule has 4 rings (SSSR count). The first-order chi connectivity index (χ1) is 11.2. The van der Waals surface area contributed by atoms with Gasteiger partial charge in [0.25, 0.3) is 0 Å². The first-order valence-corrected chi connectivity index (χ1v) is 8.14. The Morgan fingerprint density at radius 3 is 2.91 bits per heavy atom. The van der Waals surface area contributed by atoms with Gasteiger partial charge in [-0.05, 0) is 36.5 Å². The average Bonchev–Trinajstić information content (AvgIpc) is 3.28. The largest absolute Gasteiger partial charge is 0.478 e. The maximum Gasteiger partial charge on any atom is 0.335 e. The Labute approximate surface area is 134 Å². The number of fused-ring (bicyclic) bond motifs is 1. The molecule has 1 saturated carbocycles. The van der Waals surface area contributed by atoms with E-state index in [9.17, 15) is 4.79 Å². The summed E-state index contributed by atoms with van der Waals surface area (Å²) in [4.78, 5) is 13.4. The van der Waals surface area contributed by atoms with Crippen LogP contribution in [-0.2, 0) is 26.1 Å². The van der Waals surface area contributed by atoms with Crippen molar-refractivity contribution in [2.24, 2.45) is 5.92 Å². The number of rotatable bonds is 5. The molecule has 0 spiro atoms. The fraction of sp³-hybridized carbons (Fsp3) is 0.471. The van der Waals surface area contributed by atoms with Gasteiger partial charge in [0.05, 0.1) is 12.1 Å². The van der Waals surface area contributed by atoms with E-state index < -0.39 is 5.97 Å². The van der Waals surface area contributed by atoms with E-state index in [2.05, 4.69) is 19.7 Å². The normalized spacial score (nSPS) is 17.9. The topological polar surface area (TPSA) is 71.2 Å². The van der Waals surface area contributed by atoms with Crippen molar-refractivity contribution in [3.8, 4) is 0 Å². The van der Waals surface area contributed by atoms with Gasteiger partial charge >= 0.3 is 5.97 Å². The number of carboxylic acids is 1. The Hall–Kier alpha value is -2.21. The van der Waals surface area contributed by atoms with Gasteiger partial charge in [0.1, 0.15) is 11.6 Å². The zero-order valence-corrected chi connectivity index (χ0v) is 13.0. The highest BCUT2D eigenvalue weighted by atomic mass is 16.4. The number of aromatic nitrogens is 3. The highest BCUT2D eigenvalue weighted by Crippen LogP contribution is 2.32. The molecule has 23 heavy (non-hydrogen) atoms. The smallest absolute Gasteiger partial charge is 0.335 e. The third kappa shape index (κ3) is 3.12. The van der Waals surface area contributed by atoms with Crippen LogP contribution in [0.3, 0.4) is 0 Å². The van der Waals surface area contributed by atoms with Gasteiger partial charge in [0.2, 0.25) is 0 Å². The Balaban J connectivity index is 1.45. The van der Waals surface area contributed by atoms with Gasteiger partial charge in [-0.3, -0.25) is 4.90 Å². The van der Waals surface area contributed by atoms with Gasteiger partial charge in [-0.1, -0.05) is 12.1 Å². The monoisotopic (exact) mass is 312 g/mol. The maximum absolute atomic E-state index is 11.1. The lowest BCUT2D eigenvalue weighted by Crippen LogP contribution is -2.34. The fourth-order valence-electron chi connectivity index (χ4n) is 3.20. The van der Waals surface area contributed by atoms with E-state index >= 15 is 0 Å². The second-order valence-corrected chi connectivity index (χ2v) is 6.55. The van der Waals surface area contributed by atoms with Crippen LogP contribution in [0.5, 0.6) is 0 Å². The molecule has 2 heterocycles. The van der Waals surface area contributed by atoms with Crippen molar-refractivity contribution in [1.29, 1.82) is 0 Å². The minimum Gasteiger partial charge on any atom is -0.478 e. The molecule has 2 aliphatic rings. The number of hydrogen-bond donors (Lipinski definition) is 1. The molecule has 1 aromatic carbocycles. The van der Waals surface area contributed by atoms with Crippen molar-refractivity contribution in [3.63, 3.8) is 0 Å². The molecule has 2 aromatic rings. The predicted molar refractivity (Wildman–Crippen MR) is 84.0 cm³/mol. The maximum atomic E-state index is 11.1. The van der Waals surface area contributed by atoms with Crippen LogP contribution in [0.1, 0.15) is 40.4 Å². The molecule has 6 nitrogen and oxygen atoms in total. The van der Waals surface area contributed by atoms with Gasteiger partial charge in [0.15, 0.2) is 0 Å². The lowest BCUT2D eigenvalue weighted by atomic mass is 10.1. The number of hydrogen-bond acceptors (Lipinski definition) is 4. The Morgan fingerprint density at radius 1 is 1.26 bits per heavy atom. The summed E-state index contributed by atoms with van der Waals surface area (Å²) in [5.74, 6) is 2.10. The number of aromatic carboxylic acids is 1. The standard InChI is InChI=1S/C17H20N4O2/c22-17(23)14-3-1-2-13(8-14)10-20-6-7-21-15(9-12-4-5-12)18-19-16(21)11-20/h1-3,8,12H,4-7,9-11H2,(H,22,23). The molecule has 1 aliphatic heterocycles. The summed E-state index contributed by atoms with van der Waals surface area (Å²) >= 11 is 0. The average molecular weight is 312 g/mol. The molecule has 1 aromatic heterocycles. The molecule has 1 aliphatic carbocycles. The van der Waals surface area contributed by atoms with E-state index in [1.54, 1.807) is 18.2 Å². The van der Waals surface area contributed by atoms with Crippen molar-refractivity contribution in [1.82, 2.24) is 19.7 Å². The Morgan fingerprint density at radius 2 is 2.13 bits per heavy atom. The summed E-state index contributed by atoms with van der Waals surface area (Å²) in [6.45, 7) is 3.38. The molecule has 1 N–H and O–H groups in total. The van der Waals surface area contributed by atoms with Crippen LogP contribution in [-0.4, -0.2) is 37.3 Å². The number of nitrogens with zero attached hydrogens (tertiary/aromatic N) is 4. The van der Waals surface area contributed by atoms with E-state index in [4.69, 9.17) is 5.11 Å². The van der Waals surface area contributed by atoms with Crippen LogP contribution >= 0.6 is 0 Å². The number of benzene rings is 1. The Bertz CT molecular complexity index is 736. The minimum absolute atomic E-state index is 0.342. The fourth-order valence-corrected chi connectivity index (χ4v) is 3.20. The van der Waals surface area contributed by atoms with Crippen molar-refractivity contribution >= 4 is 5.97 Å². The van der Waals surface area contributed by atoms with Crippen LogP contribution in [0.4, 0.5) is 0 Å². The van der Waals surface area contributed by atoms with Crippen LogP contribution in [0.25, 0.3) is 0 Å². The first-order valence-electron chi connectivity index (χ1n) is 8.14. The van der Waals surface area contributed by atoms with Crippen LogP contribution in [0, 0.1) is 5.92 Å². The summed E-state index contributed by atoms with van der Waals surface area (Å²) in [5, 5.41) is 17.8. The minimum atomic E-state index is -0.880. The lowest BCUT2D eigenvalue weighted by Gasteiger charge is -2.27. The van der Waals surface area contributed by atoms with Gasteiger partial charge < -0.3 is 9.67 Å². The van der Waals surface area contributed by atoms with E-state index in [-0.39, 0.29) is 0 Å². The molecule has 120 valence electrons. The van der Waals surface area contributed by atoms with Crippen molar-refractivity contribution in [2.45, 2.75) is 38.9 Å². The van der Waals surface area contributed by atoms with E-state index in [1.807, 2.05) is 6.07 Å². The first kappa shape index (κ1) is 14.4. The van der Waals surface area contributed by atoms with Crippen molar-refractivity contribution in [2.75, 3.05) is 6.54 Å². The molecule has 1 fully saturated rings. The van der Waals surface area contributed by atoms with Gasteiger partial charge in [-0.15, -0.1) is 10.2 Å². The molecule has 0 radical (unpaired) electrons. The molecule has 0 unspecified atom stereocenters. The summed E-state index contributed by atoms with van der Waals surface area (Å²) in [6.07, 6.45) is 3.72. The lowest BCUT2D eigenvalue weighted by molar-refractivity contribution is 0.0696. The summed E-state index contributed by atoms with van der Waals surface area (Å²) in [7, 11) is 0. The van der Waals surface area contributed by atoms with Gasteiger partial charge in [0, 0.05) is 26.1 Å². The summed E-state index contributed by atoms with van der Waals surface area (Å²) in [5.41, 5.74) is 1.37. The summed E-state index contributed by atoms with van der Waals surface area (Å²) in [6, 6.07) is 7.16. The quantitative estimate of drug-likeness (QED) is 0.913. The van der Waals surface area contributed by atoms with E-state index in [1.165, 1.54) is 12.8 Å². The van der Waals surface area contributed by atoms with E-state index in [0.29, 0.717) is 5.56 Å². The van der Waals surface area contributed by atoms with Crippen molar-refractivity contribution in [3.05, 3.63) is 47.0 Å². The molecule has 0 amide bonds. The van der Waals surface area contributed by atoms with Gasteiger partial charge in [-0.25, -0.2) is 4.79 Å². The second kappa shape index (κ2) is 5.77. The Kier molecular flexibility index (Phi) is 3.61. The van der Waals surface area contributed by atoms with E-state index in [0.717, 1.165) is 55.7 Å². The van der Waals surface area contributed by atoms with Crippen LogP contribution in [0.2, 0.25) is 0 Å². The SMILES string of the molecule is O=C(O)c1cccc(CN2CCn3c(CC4CC4)nnc3C2)c1. The molecular formula is C17H20N4O2. The molecule has 0 atom stereocenters. The molecule has 0 saturated heterocycles. The highest BCUT2D eigenvalue weighted by molar-refractivity contribution is 5.87. The van der Waals surface area contributed by atoms with Crippen LogP contribution in [0.15, 0.2) is 24.3 Å². The molecule has 6 heteroatoms. The third-order valence-corrected chi connectivity index (χ3v) is 4.66. The second-order valence-electron chi connectivity index (χ2n) is 6.55. The zero-order chi connectivity index (χ0) is 15.8. The molecule has 0 bridgehead atoms. The number of carbonyl (C=O) groups is 1. The summed E-state index contributed by atoms with van der Waals surface area (Å²) < 4.78 is 2.27.